The Balaban J connectivity index is 2.31. The molecule has 0 unspecified atom stereocenters. The van der Waals surface area contributed by atoms with Crippen molar-refractivity contribution in [1.29, 1.82) is 0 Å². The number of piperidine rings is 1. The van der Waals surface area contributed by atoms with Gasteiger partial charge in [0.25, 0.3) is 0 Å². The molecule has 1 aliphatic heterocycles. The Morgan fingerprint density at radius 2 is 2.13 bits per heavy atom. The molecule has 1 fully saturated rings. The lowest BCUT2D eigenvalue weighted by Crippen LogP contribution is -2.38. The van der Waals surface area contributed by atoms with Crippen LogP contribution in [-0.2, 0) is 4.79 Å². The number of hydrogen-bond donors (Lipinski definition) is 0. The Morgan fingerprint density at radius 3 is 2.60 bits per heavy atom. The van der Waals surface area contributed by atoms with Gasteiger partial charge in [-0.15, -0.1) is 0 Å². The molecule has 3 heteroatoms. The van der Waals surface area contributed by atoms with Crippen LogP contribution in [0.5, 0.6) is 0 Å². The minimum atomic E-state index is 0.641. The standard InChI is InChI=1S/C12H20N2O/c1-10(2)14-6-4-12(5-7-14)8-11(3)13-9-15/h10,12H,3-8H2,1-2H3. The predicted octanol–water partition coefficient (Wildman–Crippen LogP) is 2.35. The molecule has 0 bridgehead atoms. The van der Waals surface area contributed by atoms with Gasteiger partial charge in [0, 0.05) is 11.7 Å². The van der Waals surface area contributed by atoms with Crippen LogP contribution in [0.2, 0.25) is 0 Å². The molecule has 1 rings (SSSR count). The van der Waals surface area contributed by atoms with Gasteiger partial charge in [-0.3, -0.25) is 0 Å². The van der Waals surface area contributed by atoms with Crippen molar-refractivity contribution in [2.75, 3.05) is 13.1 Å². The topological polar surface area (TPSA) is 32.7 Å². The molecule has 1 saturated heterocycles. The van der Waals surface area contributed by atoms with Crippen LogP contribution >= 0.6 is 0 Å². The van der Waals surface area contributed by atoms with E-state index in [1.54, 1.807) is 6.08 Å². The number of hydrogen-bond acceptors (Lipinski definition) is 3. The van der Waals surface area contributed by atoms with Crippen molar-refractivity contribution in [3.63, 3.8) is 0 Å². The van der Waals surface area contributed by atoms with Gasteiger partial charge in [0.05, 0.1) is 0 Å². The maximum absolute atomic E-state index is 10.0. The van der Waals surface area contributed by atoms with Crippen molar-refractivity contribution < 1.29 is 4.79 Å². The third-order valence-corrected chi connectivity index (χ3v) is 3.11. The molecule has 15 heavy (non-hydrogen) atoms. The van der Waals surface area contributed by atoms with Crippen LogP contribution in [0.15, 0.2) is 17.3 Å². The highest BCUT2D eigenvalue weighted by molar-refractivity contribution is 5.36. The highest BCUT2D eigenvalue weighted by atomic mass is 16.1. The second-order valence-electron chi connectivity index (χ2n) is 4.55. The molecule has 0 spiro atoms. The van der Waals surface area contributed by atoms with E-state index < -0.39 is 0 Å². The van der Waals surface area contributed by atoms with E-state index in [0.29, 0.717) is 17.7 Å². The van der Waals surface area contributed by atoms with E-state index in [-0.39, 0.29) is 0 Å². The summed E-state index contributed by atoms with van der Waals surface area (Å²) in [7, 11) is 0. The number of aliphatic imine (C=N–C) groups is 1. The summed E-state index contributed by atoms with van der Waals surface area (Å²) in [5, 5.41) is 0. The molecule has 0 atom stereocenters. The number of isocyanates is 1. The molecule has 0 aromatic heterocycles. The van der Waals surface area contributed by atoms with Crippen LogP contribution in [0.1, 0.15) is 33.1 Å². The van der Waals surface area contributed by atoms with Gasteiger partial charge >= 0.3 is 0 Å². The second kappa shape index (κ2) is 5.84. The van der Waals surface area contributed by atoms with Crippen LogP contribution in [0, 0.1) is 5.92 Å². The number of allylic oxidation sites excluding steroid dienone is 1. The van der Waals surface area contributed by atoms with Gasteiger partial charge in [0.1, 0.15) is 0 Å². The Kier molecular flexibility index (Phi) is 4.73. The van der Waals surface area contributed by atoms with E-state index in [1.165, 1.54) is 12.8 Å². The molecule has 0 aromatic rings. The molecule has 1 heterocycles. The summed E-state index contributed by atoms with van der Waals surface area (Å²) in [6, 6.07) is 0.641. The molecule has 0 aromatic carbocycles. The van der Waals surface area contributed by atoms with Gasteiger partial charge in [-0.05, 0) is 52.1 Å². The van der Waals surface area contributed by atoms with Crippen LogP contribution in [0.4, 0.5) is 0 Å². The number of likely N-dealkylation sites (tertiary alicyclic amines) is 1. The summed E-state index contributed by atoms with van der Waals surface area (Å²) in [4.78, 5) is 16.1. The molecule has 0 amide bonds. The molecular formula is C12H20N2O. The number of rotatable bonds is 4. The van der Waals surface area contributed by atoms with E-state index in [4.69, 9.17) is 0 Å². The zero-order chi connectivity index (χ0) is 11.3. The zero-order valence-corrected chi connectivity index (χ0v) is 9.70. The van der Waals surface area contributed by atoms with Crippen molar-refractivity contribution in [3.05, 3.63) is 12.3 Å². The average molecular weight is 208 g/mol. The fourth-order valence-corrected chi connectivity index (χ4v) is 2.12. The average Bonchev–Trinajstić information content (AvgIpc) is 2.18. The summed E-state index contributed by atoms with van der Waals surface area (Å²) in [6.07, 6.45) is 4.77. The summed E-state index contributed by atoms with van der Waals surface area (Å²) in [6.45, 7) is 10.5. The van der Waals surface area contributed by atoms with Crippen molar-refractivity contribution in [2.24, 2.45) is 10.9 Å². The van der Waals surface area contributed by atoms with E-state index in [0.717, 1.165) is 19.5 Å². The van der Waals surface area contributed by atoms with Crippen LogP contribution in [-0.4, -0.2) is 30.1 Å². The lowest BCUT2D eigenvalue weighted by atomic mass is 9.92. The van der Waals surface area contributed by atoms with Gasteiger partial charge in [0.15, 0.2) is 0 Å². The van der Waals surface area contributed by atoms with Gasteiger partial charge in [-0.1, -0.05) is 6.58 Å². The third kappa shape index (κ3) is 3.98. The van der Waals surface area contributed by atoms with Crippen LogP contribution in [0.25, 0.3) is 0 Å². The smallest absolute Gasteiger partial charge is 0.240 e. The fraction of sp³-hybridized carbons (Fsp3) is 0.750. The first kappa shape index (κ1) is 12.2. The quantitative estimate of drug-likeness (QED) is 0.525. The van der Waals surface area contributed by atoms with Crippen molar-refractivity contribution in [3.8, 4) is 0 Å². The Labute approximate surface area is 91.9 Å². The maximum atomic E-state index is 10.0. The third-order valence-electron chi connectivity index (χ3n) is 3.11. The van der Waals surface area contributed by atoms with Crippen LogP contribution in [0.3, 0.4) is 0 Å². The first-order valence-electron chi connectivity index (χ1n) is 5.63. The summed E-state index contributed by atoms with van der Waals surface area (Å²) < 4.78 is 0. The minimum absolute atomic E-state index is 0.641. The van der Waals surface area contributed by atoms with Gasteiger partial charge in [-0.25, -0.2) is 4.79 Å². The number of nitrogens with zero attached hydrogens (tertiary/aromatic N) is 2. The summed E-state index contributed by atoms with van der Waals surface area (Å²) >= 11 is 0. The van der Waals surface area contributed by atoms with Gasteiger partial charge in [0.2, 0.25) is 6.08 Å². The lowest BCUT2D eigenvalue weighted by molar-refractivity contribution is 0.149. The number of carbonyl (C=O) groups excluding carboxylic acids is 1. The molecule has 0 N–H and O–H groups in total. The highest BCUT2D eigenvalue weighted by Crippen LogP contribution is 2.24. The van der Waals surface area contributed by atoms with Crippen molar-refractivity contribution in [2.45, 2.75) is 39.2 Å². The monoisotopic (exact) mass is 208 g/mol. The fourth-order valence-electron chi connectivity index (χ4n) is 2.12. The van der Waals surface area contributed by atoms with Gasteiger partial charge < -0.3 is 4.90 Å². The minimum Gasteiger partial charge on any atom is -0.301 e. The molecule has 3 nitrogen and oxygen atoms in total. The normalized spacial score (nSPS) is 18.9. The molecule has 0 aliphatic carbocycles. The SMILES string of the molecule is C=C(CC1CCN(C(C)C)CC1)N=C=O. The van der Waals surface area contributed by atoms with E-state index >= 15 is 0 Å². The summed E-state index contributed by atoms with van der Waals surface area (Å²) in [5.74, 6) is 0.643. The Morgan fingerprint density at radius 1 is 1.53 bits per heavy atom. The first-order chi connectivity index (χ1) is 7.13. The Bertz CT molecular complexity index is 259. The van der Waals surface area contributed by atoms with Crippen LogP contribution < -0.4 is 0 Å². The predicted molar refractivity (Wildman–Crippen MR) is 61.3 cm³/mol. The molecule has 0 radical (unpaired) electrons. The van der Waals surface area contributed by atoms with Gasteiger partial charge in [-0.2, -0.15) is 4.99 Å². The van der Waals surface area contributed by atoms with E-state index in [1.807, 2.05) is 0 Å². The maximum Gasteiger partial charge on any atom is 0.240 e. The highest BCUT2D eigenvalue weighted by Gasteiger charge is 2.20. The van der Waals surface area contributed by atoms with E-state index in [9.17, 15) is 4.79 Å². The first-order valence-corrected chi connectivity index (χ1v) is 5.63. The lowest BCUT2D eigenvalue weighted by Gasteiger charge is -2.34. The molecule has 1 aliphatic rings. The second-order valence-corrected chi connectivity index (χ2v) is 4.55. The van der Waals surface area contributed by atoms with Crippen molar-refractivity contribution >= 4 is 6.08 Å². The Hall–Kier alpha value is -0.920. The summed E-state index contributed by atoms with van der Waals surface area (Å²) in [5.41, 5.74) is 0.674. The molecular weight excluding hydrogens is 188 g/mol. The van der Waals surface area contributed by atoms with E-state index in [2.05, 4.69) is 30.3 Å². The largest absolute Gasteiger partial charge is 0.301 e. The molecule has 0 saturated carbocycles. The molecule has 84 valence electrons. The van der Waals surface area contributed by atoms with Crippen molar-refractivity contribution in [1.82, 2.24) is 4.90 Å². The zero-order valence-electron chi connectivity index (χ0n) is 9.70.